The van der Waals surface area contributed by atoms with Crippen molar-refractivity contribution in [1.29, 1.82) is 0 Å². The van der Waals surface area contributed by atoms with Crippen molar-refractivity contribution in [3.63, 3.8) is 0 Å². The lowest BCUT2D eigenvalue weighted by Gasteiger charge is -2.19. The molecule has 0 unspecified atom stereocenters. The molecule has 1 aromatic carbocycles. The number of hydrogen-bond acceptors (Lipinski definition) is 4. The molecule has 0 amide bonds. The molecule has 0 atom stereocenters. The van der Waals surface area contributed by atoms with Crippen LogP contribution in [0.15, 0.2) is 28.9 Å². The van der Waals surface area contributed by atoms with Crippen molar-refractivity contribution in [2.75, 3.05) is 38.6 Å². The Hall–Kier alpha value is -1.33. The summed E-state index contributed by atoms with van der Waals surface area (Å²) in [6.45, 7) is 8.36. The van der Waals surface area contributed by atoms with Crippen LogP contribution < -0.4 is 10.1 Å². The first-order valence-corrected chi connectivity index (χ1v) is 8.08. The van der Waals surface area contributed by atoms with E-state index in [1.54, 1.807) is 7.11 Å². The molecule has 0 saturated carbocycles. The number of nitrogens with one attached hydrogen (secondary N) is 1. The number of nitrogens with zero attached hydrogens (tertiary/aromatic N) is 2. The number of rotatable bonds is 7. The number of aromatic nitrogens is 1. The van der Waals surface area contributed by atoms with Crippen molar-refractivity contribution >= 4 is 32.5 Å². The van der Waals surface area contributed by atoms with E-state index in [9.17, 15) is 0 Å². The average Bonchev–Trinajstić information content (AvgIpc) is 2.53. The predicted molar refractivity (Wildman–Crippen MR) is 92.3 cm³/mol. The monoisotopic (exact) mass is 351 g/mol. The number of hydrogen-bond donors (Lipinski definition) is 1. The number of pyridine rings is 1. The predicted octanol–water partition coefficient (Wildman–Crippen LogP) is 3.76. The molecule has 21 heavy (non-hydrogen) atoms. The van der Waals surface area contributed by atoms with Crippen molar-refractivity contribution in [3.05, 3.63) is 28.9 Å². The summed E-state index contributed by atoms with van der Waals surface area (Å²) in [6, 6.07) is 6.02. The Kier molecular flexibility index (Phi) is 5.82. The molecule has 2 aromatic rings. The standard InChI is InChI=1S/C16H22BrN3O/c1-4-20(5-2)10-9-18-16-15-12(13(17)11-19-16)7-6-8-14(15)21-3/h6-8,11H,4-5,9-10H2,1-3H3,(H,18,19). The van der Waals surface area contributed by atoms with E-state index < -0.39 is 0 Å². The van der Waals surface area contributed by atoms with Crippen molar-refractivity contribution in [2.24, 2.45) is 0 Å². The number of benzene rings is 1. The van der Waals surface area contributed by atoms with Gasteiger partial charge in [-0.05, 0) is 35.1 Å². The molecule has 4 nitrogen and oxygen atoms in total. The van der Waals surface area contributed by atoms with Crippen molar-refractivity contribution < 1.29 is 4.74 Å². The van der Waals surface area contributed by atoms with Gasteiger partial charge in [0.25, 0.3) is 0 Å². The van der Waals surface area contributed by atoms with E-state index in [4.69, 9.17) is 4.74 Å². The van der Waals surface area contributed by atoms with Gasteiger partial charge in [0, 0.05) is 29.1 Å². The largest absolute Gasteiger partial charge is 0.496 e. The molecule has 0 spiro atoms. The zero-order chi connectivity index (χ0) is 15.2. The summed E-state index contributed by atoms with van der Waals surface area (Å²) in [6.07, 6.45) is 1.83. The number of halogens is 1. The van der Waals surface area contributed by atoms with Crippen LogP contribution in [-0.4, -0.2) is 43.2 Å². The second-order valence-electron chi connectivity index (χ2n) is 4.79. The normalized spacial score (nSPS) is 11.1. The second kappa shape index (κ2) is 7.61. The molecule has 0 aliphatic carbocycles. The van der Waals surface area contributed by atoms with E-state index in [-0.39, 0.29) is 0 Å². The van der Waals surface area contributed by atoms with Crippen LogP contribution >= 0.6 is 15.9 Å². The van der Waals surface area contributed by atoms with Crippen LogP contribution in [0.2, 0.25) is 0 Å². The molecular weight excluding hydrogens is 330 g/mol. The highest BCUT2D eigenvalue weighted by atomic mass is 79.9. The van der Waals surface area contributed by atoms with Crippen molar-refractivity contribution in [1.82, 2.24) is 9.88 Å². The second-order valence-corrected chi connectivity index (χ2v) is 5.65. The summed E-state index contributed by atoms with van der Waals surface area (Å²) < 4.78 is 6.46. The van der Waals surface area contributed by atoms with E-state index >= 15 is 0 Å². The Morgan fingerprint density at radius 1 is 1.29 bits per heavy atom. The molecule has 0 bridgehead atoms. The van der Waals surface area contributed by atoms with Crippen molar-refractivity contribution in [2.45, 2.75) is 13.8 Å². The summed E-state index contributed by atoms with van der Waals surface area (Å²) in [5.74, 6) is 1.71. The Labute approximate surface area is 134 Å². The highest BCUT2D eigenvalue weighted by Crippen LogP contribution is 2.34. The number of fused-ring (bicyclic) bond motifs is 1. The smallest absolute Gasteiger partial charge is 0.137 e. The zero-order valence-electron chi connectivity index (χ0n) is 12.8. The van der Waals surface area contributed by atoms with Crippen LogP contribution in [0.1, 0.15) is 13.8 Å². The third-order valence-electron chi connectivity index (χ3n) is 3.66. The van der Waals surface area contributed by atoms with Gasteiger partial charge >= 0.3 is 0 Å². The minimum absolute atomic E-state index is 0.839. The third-order valence-corrected chi connectivity index (χ3v) is 4.29. The van der Waals surface area contributed by atoms with Gasteiger partial charge in [-0.25, -0.2) is 4.98 Å². The maximum Gasteiger partial charge on any atom is 0.137 e. The molecule has 0 fully saturated rings. The topological polar surface area (TPSA) is 37.4 Å². The SMILES string of the molecule is CCN(CC)CCNc1ncc(Br)c2cccc(OC)c12. The molecule has 0 aliphatic heterocycles. The molecule has 0 aliphatic rings. The summed E-state index contributed by atoms with van der Waals surface area (Å²) in [5.41, 5.74) is 0. The Morgan fingerprint density at radius 3 is 2.71 bits per heavy atom. The minimum Gasteiger partial charge on any atom is -0.496 e. The summed E-state index contributed by atoms with van der Waals surface area (Å²) >= 11 is 3.55. The first-order valence-electron chi connectivity index (χ1n) is 7.28. The number of methoxy groups -OCH3 is 1. The lowest BCUT2D eigenvalue weighted by Crippen LogP contribution is -2.28. The summed E-state index contributed by atoms with van der Waals surface area (Å²) in [7, 11) is 1.69. The van der Waals surface area contributed by atoms with E-state index in [0.717, 1.165) is 53.0 Å². The van der Waals surface area contributed by atoms with Gasteiger partial charge in [-0.15, -0.1) is 0 Å². The Balaban J connectivity index is 2.25. The van der Waals surface area contributed by atoms with Gasteiger partial charge in [-0.3, -0.25) is 0 Å². The first-order chi connectivity index (χ1) is 10.2. The molecule has 2 rings (SSSR count). The van der Waals surface area contributed by atoms with Gasteiger partial charge in [0.15, 0.2) is 0 Å². The molecule has 5 heteroatoms. The maximum atomic E-state index is 5.48. The minimum atomic E-state index is 0.839. The van der Waals surface area contributed by atoms with Crippen LogP contribution in [0.25, 0.3) is 10.8 Å². The highest BCUT2D eigenvalue weighted by molar-refractivity contribution is 9.10. The van der Waals surface area contributed by atoms with E-state index in [1.807, 2.05) is 18.3 Å². The zero-order valence-corrected chi connectivity index (χ0v) is 14.4. The van der Waals surface area contributed by atoms with Gasteiger partial charge in [-0.2, -0.15) is 0 Å². The van der Waals surface area contributed by atoms with Crippen LogP contribution in [-0.2, 0) is 0 Å². The van der Waals surface area contributed by atoms with E-state index in [2.05, 4.69) is 51.0 Å². The van der Waals surface area contributed by atoms with Gasteiger partial charge in [0.1, 0.15) is 11.6 Å². The van der Waals surface area contributed by atoms with E-state index in [1.165, 1.54) is 0 Å². The summed E-state index contributed by atoms with van der Waals surface area (Å²) in [4.78, 5) is 6.89. The van der Waals surface area contributed by atoms with Crippen molar-refractivity contribution in [3.8, 4) is 5.75 Å². The lowest BCUT2D eigenvalue weighted by molar-refractivity contribution is 0.316. The molecule has 114 valence electrons. The number of ether oxygens (including phenoxy) is 1. The lowest BCUT2D eigenvalue weighted by atomic mass is 10.1. The van der Waals surface area contributed by atoms with Crippen LogP contribution in [0.4, 0.5) is 5.82 Å². The quantitative estimate of drug-likeness (QED) is 0.823. The first kappa shape index (κ1) is 16.0. The number of anilines is 1. The van der Waals surface area contributed by atoms with Gasteiger partial charge in [0.05, 0.1) is 12.5 Å². The van der Waals surface area contributed by atoms with Gasteiger partial charge in [0.2, 0.25) is 0 Å². The Morgan fingerprint density at radius 2 is 2.05 bits per heavy atom. The van der Waals surface area contributed by atoms with Crippen LogP contribution in [0.3, 0.4) is 0 Å². The van der Waals surface area contributed by atoms with Gasteiger partial charge in [-0.1, -0.05) is 26.0 Å². The third kappa shape index (κ3) is 3.66. The Bertz CT molecular complexity index is 599. The van der Waals surface area contributed by atoms with Gasteiger partial charge < -0.3 is 15.0 Å². The highest BCUT2D eigenvalue weighted by Gasteiger charge is 2.11. The fourth-order valence-electron chi connectivity index (χ4n) is 2.41. The maximum absolute atomic E-state index is 5.48. The van der Waals surface area contributed by atoms with Crippen LogP contribution in [0.5, 0.6) is 5.75 Å². The van der Waals surface area contributed by atoms with Crippen LogP contribution in [0, 0.1) is 0 Å². The molecule has 1 N–H and O–H groups in total. The average molecular weight is 352 g/mol. The molecular formula is C16H22BrN3O. The van der Waals surface area contributed by atoms with E-state index in [0.29, 0.717) is 0 Å². The fraction of sp³-hybridized carbons (Fsp3) is 0.438. The fourth-order valence-corrected chi connectivity index (χ4v) is 2.84. The molecule has 0 saturated heterocycles. The molecule has 1 heterocycles. The molecule has 0 radical (unpaired) electrons. The summed E-state index contributed by atoms with van der Waals surface area (Å²) in [5, 5.41) is 5.56. The molecule has 1 aromatic heterocycles. The number of likely N-dealkylation sites (N-methyl/N-ethyl adjacent to an activating group) is 1.